The predicted molar refractivity (Wildman–Crippen MR) is 111 cm³/mol. The van der Waals surface area contributed by atoms with Crippen molar-refractivity contribution < 1.29 is 23.9 Å². The minimum atomic E-state index is -0.950. The lowest BCUT2D eigenvalue weighted by atomic mass is 9.78. The number of rotatable bonds is 6. The number of allylic oxidation sites excluding steroid dienone is 2. The van der Waals surface area contributed by atoms with Crippen LogP contribution < -0.4 is 10.6 Å². The number of aryl methyl sites for hydroxylation is 1. The Morgan fingerprint density at radius 2 is 1.94 bits per heavy atom. The van der Waals surface area contributed by atoms with E-state index in [0.717, 1.165) is 24.0 Å². The number of fused-ring (bicyclic) bond motifs is 2. The summed E-state index contributed by atoms with van der Waals surface area (Å²) in [5.74, 6) is -2.80. The molecule has 0 aromatic carbocycles. The Hall–Kier alpha value is -3.36. The third-order valence-electron chi connectivity index (χ3n) is 6.31. The van der Waals surface area contributed by atoms with Gasteiger partial charge in [0.25, 0.3) is 5.91 Å². The SMILES string of the molecule is CC(C)=C1[C@H]2CC[C@@H]1[C@@H](C(=O)O)[C@@H]2C(=O)Nc1cn(C)nc1C(=O)NCc1ccco1. The van der Waals surface area contributed by atoms with Gasteiger partial charge in [-0.25, -0.2) is 0 Å². The number of carbonyl (C=O) groups excluding carboxylic acids is 2. The molecule has 2 fully saturated rings. The van der Waals surface area contributed by atoms with Gasteiger partial charge in [0, 0.05) is 13.2 Å². The van der Waals surface area contributed by atoms with Crippen LogP contribution in [0.15, 0.2) is 40.2 Å². The van der Waals surface area contributed by atoms with Crippen LogP contribution in [0, 0.1) is 23.7 Å². The molecule has 2 saturated carbocycles. The molecule has 164 valence electrons. The second kappa shape index (κ2) is 8.05. The van der Waals surface area contributed by atoms with Crippen molar-refractivity contribution in [3.8, 4) is 0 Å². The van der Waals surface area contributed by atoms with Gasteiger partial charge in [-0.1, -0.05) is 11.1 Å². The number of furan rings is 1. The molecule has 0 radical (unpaired) electrons. The first-order valence-electron chi connectivity index (χ1n) is 10.3. The Morgan fingerprint density at radius 3 is 2.55 bits per heavy atom. The highest BCUT2D eigenvalue weighted by Crippen LogP contribution is 2.57. The maximum atomic E-state index is 13.2. The van der Waals surface area contributed by atoms with E-state index in [4.69, 9.17) is 4.42 Å². The second-order valence-electron chi connectivity index (χ2n) is 8.45. The quantitative estimate of drug-likeness (QED) is 0.610. The van der Waals surface area contributed by atoms with Crippen LogP contribution in [0.3, 0.4) is 0 Å². The molecular formula is C22H26N4O5. The number of carbonyl (C=O) groups is 3. The molecule has 0 aliphatic heterocycles. The van der Waals surface area contributed by atoms with E-state index in [1.165, 1.54) is 10.9 Å². The van der Waals surface area contributed by atoms with Crippen LogP contribution >= 0.6 is 0 Å². The van der Waals surface area contributed by atoms with E-state index in [1.54, 1.807) is 25.4 Å². The molecule has 0 spiro atoms. The van der Waals surface area contributed by atoms with Gasteiger partial charge in [-0.15, -0.1) is 0 Å². The molecule has 2 aromatic rings. The summed E-state index contributed by atoms with van der Waals surface area (Å²) in [6, 6.07) is 3.46. The van der Waals surface area contributed by atoms with Gasteiger partial charge in [0.15, 0.2) is 5.69 Å². The molecule has 2 aliphatic rings. The molecule has 2 aliphatic carbocycles. The molecular weight excluding hydrogens is 400 g/mol. The molecule has 4 rings (SSSR count). The summed E-state index contributed by atoms with van der Waals surface area (Å²) < 4.78 is 6.65. The van der Waals surface area contributed by atoms with Gasteiger partial charge in [-0.2, -0.15) is 5.10 Å². The van der Waals surface area contributed by atoms with E-state index >= 15 is 0 Å². The van der Waals surface area contributed by atoms with Crippen molar-refractivity contribution >= 4 is 23.5 Å². The van der Waals surface area contributed by atoms with Crippen LogP contribution in [0.5, 0.6) is 0 Å². The normalized spacial score (nSPS) is 24.3. The largest absolute Gasteiger partial charge is 0.481 e. The van der Waals surface area contributed by atoms with E-state index in [-0.39, 0.29) is 35.7 Å². The molecule has 4 atom stereocenters. The minimum absolute atomic E-state index is 0.0693. The van der Waals surface area contributed by atoms with E-state index in [9.17, 15) is 19.5 Å². The molecule has 2 heterocycles. The fourth-order valence-corrected chi connectivity index (χ4v) is 5.23. The summed E-state index contributed by atoms with van der Waals surface area (Å²) in [6.45, 7) is 4.14. The number of hydrogen-bond acceptors (Lipinski definition) is 5. The average molecular weight is 426 g/mol. The van der Waals surface area contributed by atoms with Crippen molar-refractivity contribution in [2.75, 3.05) is 5.32 Å². The third kappa shape index (κ3) is 3.75. The van der Waals surface area contributed by atoms with Gasteiger partial charge in [-0.05, 0) is 50.7 Å². The molecule has 9 heteroatoms. The van der Waals surface area contributed by atoms with Crippen LogP contribution in [0.4, 0.5) is 5.69 Å². The lowest BCUT2D eigenvalue weighted by Gasteiger charge is -2.26. The molecule has 2 amide bonds. The summed E-state index contributed by atoms with van der Waals surface area (Å²) in [5.41, 5.74) is 2.53. The Balaban J connectivity index is 1.54. The van der Waals surface area contributed by atoms with Crippen molar-refractivity contribution in [1.29, 1.82) is 0 Å². The fourth-order valence-electron chi connectivity index (χ4n) is 5.23. The predicted octanol–water partition coefficient (Wildman–Crippen LogP) is 2.57. The standard InChI is InChI=1S/C22H26N4O5/c1-11(2)16-13-6-7-14(16)18(22(29)30)17(13)20(27)24-15-10-26(3)25-19(15)21(28)23-9-12-5-4-8-31-12/h4-5,8,10,13-14,17-18H,6-7,9H2,1-3H3,(H,23,28)(H,24,27)(H,29,30)/t13-,14+,17-,18-/m1/s1. The van der Waals surface area contributed by atoms with Crippen LogP contribution in [-0.2, 0) is 23.2 Å². The Morgan fingerprint density at radius 1 is 1.23 bits per heavy atom. The topological polar surface area (TPSA) is 126 Å². The number of carboxylic acid groups (broad SMARTS) is 1. The van der Waals surface area contributed by atoms with Crippen LogP contribution in [0.1, 0.15) is 42.9 Å². The minimum Gasteiger partial charge on any atom is -0.481 e. The number of nitrogens with one attached hydrogen (secondary N) is 2. The molecule has 31 heavy (non-hydrogen) atoms. The van der Waals surface area contributed by atoms with Crippen molar-refractivity contribution in [2.45, 2.75) is 33.2 Å². The van der Waals surface area contributed by atoms with Crippen molar-refractivity contribution in [1.82, 2.24) is 15.1 Å². The summed E-state index contributed by atoms with van der Waals surface area (Å²) in [7, 11) is 1.65. The summed E-state index contributed by atoms with van der Waals surface area (Å²) in [6.07, 6.45) is 4.66. The summed E-state index contributed by atoms with van der Waals surface area (Å²) >= 11 is 0. The van der Waals surface area contributed by atoms with Crippen molar-refractivity contribution in [2.24, 2.45) is 30.7 Å². The maximum absolute atomic E-state index is 13.2. The molecule has 9 nitrogen and oxygen atoms in total. The lowest BCUT2D eigenvalue weighted by Crippen LogP contribution is -2.38. The first-order chi connectivity index (χ1) is 14.8. The van der Waals surface area contributed by atoms with Crippen molar-refractivity contribution in [3.63, 3.8) is 0 Å². The smallest absolute Gasteiger partial charge is 0.307 e. The Kier molecular flexibility index (Phi) is 5.43. The molecule has 0 unspecified atom stereocenters. The molecule has 2 aromatic heterocycles. The summed E-state index contributed by atoms with van der Waals surface area (Å²) in [4.78, 5) is 37.9. The zero-order valence-electron chi connectivity index (χ0n) is 17.7. The number of nitrogens with zero attached hydrogens (tertiary/aromatic N) is 2. The first kappa shape index (κ1) is 20.9. The lowest BCUT2D eigenvalue weighted by molar-refractivity contribution is -0.148. The third-order valence-corrected chi connectivity index (χ3v) is 6.31. The van der Waals surface area contributed by atoms with Crippen LogP contribution in [0.25, 0.3) is 0 Å². The monoisotopic (exact) mass is 426 g/mol. The van der Waals surface area contributed by atoms with Gasteiger partial charge in [0.1, 0.15) is 5.76 Å². The highest BCUT2D eigenvalue weighted by molar-refractivity contribution is 6.03. The van der Waals surface area contributed by atoms with Gasteiger partial charge in [0.2, 0.25) is 5.91 Å². The summed E-state index contributed by atoms with van der Waals surface area (Å²) in [5, 5.41) is 19.5. The van der Waals surface area contributed by atoms with Gasteiger partial charge < -0.3 is 20.2 Å². The number of amides is 2. The van der Waals surface area contributed by atoms with Crippen molar-refractivity contribution in [3.05, 3.63) is 47.2 Å². The van der Waals surface area contributed by atoms with E-state index < -0.39 is 23.7 Å². The first-order valence-corrected chi connectivity index (χ1v) is 10.3. The van der Waals surface area contributed by atoms with E-state index in [0.29, 0.717) is 5.76 Å². The average Bonchev–Trinajstić information content (AvgIpc) is 3.48. The highest BCUT2D eigenvalue weighted by Gasteiger charge is 2.57. The zero-order valence-corrected chi connectivity index (χ0v) is 17.7. The fraction of sp³-hybridized carbons (Fsp3) is 0.455. The number of aliphatic carboxylic acids is 1. The Labute approximate surface area is 179 Å². The number of anilines is 1. The Bertz CT molecular complexity index is 1050. The van der Waals surface area contributed by atoms with Gasteiger partial charge in [0.05, 0.1) is 30.3 Å². The second-order valence-corrected chi connectivity index (χ2v) is 8.45. The van der Waals surface area contributed by atoms with Crippen LogP contribution in [0.2, 0.25) is 0 Å². The number of carboxylic acids is 1. The van der Waals surface area contributed by atoms with Crippen LogP contribution in [-0.4, -0.2) is 32.7 Å². The molecule has 3 N–H and O–H groups in total. The zero-order chi connectivity index (χ0) is 22.3. The van der Waals surface area contributed by atoms with E-state index in [1.807, 2.05) is 13.8 Å². The highest BCUT2D eigenvalue weighted by atomic mass is 16.4. The molecule has 2 bridgehead atoms. The number of hydrogen-bond donors (Lipinski definition) is 3. The van der Waals surface area contributed by atoms with Gasteiger partial charge >= 0.3 is 5.97 Å². The molecule has 0 saturated heterocycles. The van der Waals surface area contributed by atoms with E-state index in [2.05, 4.69) is 15.7 Å². The maximum Gasteiger partial charge on any atom is 0.307 e. The van der Waals surface area contributed by atoms with Gasteiger partial charge in [-0.3, -0.25) is 19.1 Å². The number of aromatic nitrogens is 2.